The minimum absolute atomic E-state index is 0.0980. The van der Waals surface area contributed by atoms with E-state index in [0.717, 1.165) is 16.5 Å². The number of pyridine rings is 3. The molecule has 3 aromatic heterocycles. The molecule has 30 heavy (non-hydrogen) atoms. The lowest BCUT2D eigenvalue weighted by atomic mass is 9.86. The van der Waals surface area contributed by atoms with Gasteiger partial charge in [-0.1, -0.05) is 13.8 Å². The third-order valence-corrected chi connectivity index (χ3v) is 6.16. The van der Waals surface area contributed by atoms with Gasteiger partial charge in [-0.15, -0.1) is 0 Å². The molecular formula is C22H18N4O4. The molecule has 0 bridgehead atoms. The van der Waals surface area contributed by atoms with Gasteiger partial charge < -0.3 is 14.4 Å². The highest BCUT2D eigenvalue weighted by atomic mass is 16.6. The Labute approximate surface area is 171 Å². The molecular weight excluding hydrogens is 384 g/mol. The fourth-order valence-corrected chi connectivity index (χ4v) is 4.53. The molecule has 0 fully saturated rings. The van der Waals surface area contributed by atoms with Gasteiger partial charge in [0.25, 0.3) is 5.56 Å². The number of rotatable bonds is 2. The predicted octanol–water partition coefficient (Wildman–Crippen LogP) is 1.91. The molecule has 0 unspecified atom stereocenters. The van der Waals surface area contributed by atoms with Gasteiger partial charge in [-0.3, -0.25) is 4.79 Å². The molecule has 0 saturated heterocycles. The number of aliphatic hydroxyl groups is 1. The van der Waals surface area contributed by atoms with Crippen LogP contribution in [0.4, 0.5) is 0 Å². The van der Waals surface area contributed by atoms with E-state index in [-0.39, 0.29) is 18.6 Å². The number of ether oxygens (including phenoxy) is 1. The molecule has 0 aliphatic carbocycles. The molecule has 0 spiro atoms. The Morgan fingerprint density at radius 2 is 2.10 bits per heavy atom. The summed E-state index contributed by atoms with van der Waals surface area (Å²) in [5.74, 6) is -0.742. The number of fused-ring (bicyclic) bond motifs is 5. The maximum atomic E-state index is 13.3. The summed E-state index contributed by atoms with van der Waals surface area (Å²) in [6, 6.07) is 5.47. The monoisotopic (exact) mass is 402 g/mol. The Kier molecular flexibility index (Phi) is 3.82. The lowest BCUT2D eigenvalue weighted by Crippen LogP contribution is -2.44. The number of carbonyl (C=O) groups is 1. The van der Waals surface area contributed by atoms with Crippen LogP contribution in [0.3, 0.4) is 0 Å². The van der Waals surface area contributed by atoms with Crippen LogP contribution in [-0.4, -0.2) is 25.6 Å². The van der Waals surface area contributed by atoms with E-state index in [9.17, 15) is 20.0 Å². The van der Waals surface area contributed by atoms with Crippen molar-refractivity contribution >= 4 is 16.9 Å². The van der Waals surface area contributed by atoms with Gasteiger partial charge in [0.05, 0.1) is 35.2 Å². The van der Waals surface area contributed by atoms with Crippen LogP contribution >= 0.6 is 0 Å². The Hall–Kier alpha value is -3.57. The fraction of sp³-hybridized carbons (Fsp3) is 0.318. The number of hydrogen-bond acceptors (Lipinski definition) is 7. The molecule has 5 heterocycles. The van der Waals surface area contributed by atoms with Crippen molar-refractivity contribution < 1.29 is 14.6 Å². The van der Waals surface area contributed by atoms with Crippen LogP contribution in [0.25, 0.3) is 22.3 Å². The summed E-state index contributed by atoms with van der Waals surface area (Å²) < 4.78 is 6.72. The maximum Gasteiger partial charge on any atom is 0.343 e. The number of nitriles is 1. The zero-order chi connectivity index (χ0) is 21.2. The highest BCUT2D eigenvalue weighted by molar-refractivity contribution is 5.89. The highest BCUT2D eigenvalue weighted by Gasteiger charge is 2.45. The smallest absolute Gasteiger partial charge is 0.343 e. The van der Waals surface area contributed by atoms with Crippen molar-refractivity contribution in [2.24, 2.45) is 0 Å². The minimum atomic E-state index is -1.85. The third-order valence-electron chi connectivity index (χ3n) is 6.16. The third kappa shape index (κ3) is 2.24. The first-order valence-corrected chi connectivity index (χ1v) is 9.81. The Bertz CT molecular complexity index is 1370. The molecule has 150 valence electrons. The number of nitrogens with zero attached hydrogens (tertiary/aromatic N) is 4. The summed E-state index contributed by atoms with van der Waals surface area (Å²) in [4.78, 5) is 34.4. The molecule has 2 aliphatic rings. The van der Waals surface area contributed by atoms with Crippen LogP contribution in [0.1, 0.15) is 48.2 Å². The molecule has 3 aromatic rings. The minimum Gasteiger partial charge on any atom is -0.458 e. The van der Waals surface area contributed by atoms with Gasteiger partial charge in [0.15, 0.2) is 5.60 Å². The molecule has 0 amide bonds. The van der Waals surface area contributed by atoms with E-state index >= 15 is 0 Å². The normalized spacial score (nSPS) is 19.1. The lowest BCUT2D eigenvalue weighted by Gasteiger charge is -2.31. The van der Waals surface area contributed by atoms with Crippen LogP contribution in [0.15, 0.2) is 23.1 Å². The Balaban J connectivity index is 1.83. The van der Waals surface area contributed by atoms with Crippen LogP contribution in [0, 0.1) is 11.3 Å². The molecule has 2 aliphatic heterocycles. The summed E-state index contributed by atoms with van der Waals surface area (Å²) in [7, 11) is 0. The number of carbonyl (C=O) groups excluding carboxylic acids is 1. The van der Waals surface area contributed by atoms with Gasteiger partial charge in [-0.2, -0.15) is 5.26 Å². The number of cyclic esters (lactones) is 1. The van der Waals surface area contributed by atoms with Crippen LogP contribution < -0.4 is 5.56 Å². The van der Waals surface area contributed by atoms with E-state index in [1.54, 1.807) is 29.8 Å². The molecule has 8 nitrogen and oxygen atoms in total. The van der Waals surface area contributed by atoms with Gasteiger partial charge in [-0.05, 0) is 30.5 Å². The second-order valence-corrected chi connectivity index (χ2v) is 7.57. The quantitative estimate of drug-likeness (QED) is 0.509. The zero-order valence-corrected chi connectivity index (χ0v) is 16.5. The summed E-state index contributed by atoms with van der Waals surface area (Å²) >= 11 is 0. The van der Waals surface area contributed by atoms with Crippen molar-refractivity contribution in [3.8, 4) is 17.5 Å². The van der Waals surface area contributed by atoms with Crippen LogP contribution in [0.2, 0.25) is 0 Å². The van der Waals surface area contributed by atoms with Crippen molar-refractivity contribution in [1.29, 1.82) is 5.26 Å². The topological polar surface area (TPSA) is 118 Å². The number of hydrogen-bond donors (Lipinski definition) is 1. The van der Waals surface area contributed by atoms with E-state index < -0.39 is 11.6 Å². The fourth-order valence-electron chi connectivity index (χ4n) is 4.53. The van der Waals surface area contributed by atoms with E-state index in [1.807, 2.05) is 6.92 Å². The Morgan fingerprint density at radius 1 is 1.30 bits per heavy atom. The second kappa shape index (κ2) is 6.21. The predicted molar refractivity (Wildman–Crippen MR) is 106 cm³/mol. The standard InChI is InChI=1S/C22H18N4O4/c1-3-12-13-5-11(7-23)24-8-17(13)25-19-14(12)9-26-18(19)6-16-15(20(26)27)10-30-21(28)22(16,29)4-2/h5-6,8,29H,3-4,9-10H2,1-2H3/t22-/m0/s1. The van der Waals surface area contributed by atoms with Crippen molar-refractivity contribution in [2.45, 2.75) is 45.4 Å². The van der Waals surface area contributed by atoms with Crippen LogP contribution in [0.5, 0.6) is 0 Å². The largest absolute Gasteiger partial charge is 0.458 e. The van der Waals surface area contributed by atoms with Gasteiger partial charge in [0.1, 0.15) is 18.4 Å². The lowest BCUT2D eigenvalue weighted by molar-refractivity contribution is -0.172. The summed E-state index contributed by atoms with van der Waals surface area (Å²) in [5, 5.41) is 21.0. The van der Waals surface area contributed by atoms with Crippen molar-refractivity contribution in [3.05, 3.63) is 56.6 Å². The molecule has 0 saturated carbocycles. The molecule has 1 N–H and O–H groups in total. The molecule has 0 aromatic carbocycles. The average Bonchev–Trinajstić information content (AvgIpc) is 3.13. The van der Waals surface area contributed by atoms with E-state index in [0.29, 0.717) is 46.7 Å². The summed E-state index contributed by atoms with van der Waals surface area (Å²) in [5.41, 5.74) is 2.52. The van der Waals surface area contributed by atoms with E-state index in [1.165, 1.54) is 0 Å². The first-order chi connectivity index (χ1) is 14.4. The molecule has 0 radical (unpaired) electrons. The average molecular weight is 402 g/mol. The van der Waals surface area contributed by atoms with E-state index in [2.05, 4.69) is 11.1 Å². The van der Waals surface area contributed by atoms with Crippen molar-refractivity contribution in [1.82, 2.24) is 14.5 Å². The molecule has 8 heteroatoms. The molecule has 1 atom stereocenters. The summed E-state index contributed by atoms with van der Waals surface area (Å²) in [6.45, 7) is 3.87. The first-order valence-electron chi connectivity index (χ1n) is 9.81. The maximum absolute atomic E-state index is 13.3. The SMILES string of the molecule is CCc1c2c(nc3cnc(C#N)cc13)-c1cc3c(c(=O)n1C2)COC(=O)[C@]3(O)CC. The van der Waals surface area contributed by atoms with Crippen molar-refractivity contribution in [3.63, 3.8) is 0 Å². The Morgan fingerprint density at radius 3 is 2.80 bits per heavy atom. The van der Waals surface area contributed by atoms with Gasteiger partial charge >= 0.3 is 5.97 Å². The number of aryl methyl sites for hydroxylation is 1. The summed E-state index contributed by atoms with van der Waals surface area (Å²) in [6.07, 6.45) is 2.35. The van der Waals surface area contributed by atoms with Gasteiger partial charge in [0.2, 0.25) is 0 Å². The van der Waals surface area contributed by atoms with Gasteiger partial charge in [0, 0.05) is 16.5 Å². The van der Waals surface area contributed by atoms with E-state index in [4.69, 9.17) is 9.72 Å². The highest BCUT2D eigenvalue weighted by Crippen LogP contribution is 2.40. The van der Waals surface area contributed by atoms with Crippen LogP contribution in [-0.2, 0) is 34.7 Å². The molecule has 5 rings (SSSR count). The number of esters is 1. The van der Waals surface area contributed by atoms with Gasteiger partial charge in [-0.25, -0.2) is 14.8 Å². The number of aromatic nitrogens is 3. The zero-order valence-electron chi connectivity index (χ0n) is 16.5. The first kappa shape index (κ1) is 18.5. The van der Waals surface area contributed by atoms with Crippen molar-refractivity contribution in [2.75, 3.05) is 0 Å². The second-order valence-electron chi connectivity index (χ2n) is 7.57.